The number of β-amino-alcohol motifs (C(OH)–C–C–N with tert-alkyl or cyclic N) is 3. The number of halogens is 1. The fraction of sp³-hybridized carbons (Fsp3) is 0.423. The largest absolute Gasteiger partial charge is 0.391 e. The van der Waals surface area contributed by atoms with E-state index in [2.05, 4.69) is 36.1 Å². The van der Waals surface area contributed by atoms with E-state index in [-0.39, 0.29) is 111 Å². The number of amides is 9. The molecule has 4 saturated heterocycles. The van der Waals surface area contributed by atoms with Gasteiger partial charge in [0.2, 0.25) is 41.4 Å². The van der Waals surface area contributed by atoms with E-state index < -0.39 is 60.2 Å². The summed E-state index contributed by atoms with van der Waals surface area (Å²) in [6.07, 6.45) is -1.99. The lowest BCUT2D eigenvalue weighted by Gasteiger charge is -2.35. The number of anilines is 1. The Kier molecular flexibility index (Phi) is 25.2. The molecular formula is C78H91FN12O13S2. The van der Waals surface area contributed by atoms with Gasteiger partial charge in [-0.2, -0.15) is 0 Å². The molecule has 8 heterocycles. The second-order valence-corrected chi connectivity index (χ2v) is 29.9. The Morgan fingerprint density at radius 2 is 0.981 bits per heavy atom. The van der Waals surface area contributed by atoms with Crippen LogP contribution < -0.4 is 26.2 Å². The summed E-state index contributed by atoms with van der Waals surface area (Å²) >= 11 is 3.02. The molecule has 0 bridgehead atoms. The second-order valence-electron chi connectivity index (χ2n) is 28.2. The van der Waals surface area contributed by atoms with E-state index in [4.69, 9.17) is 4.74 Å². The first kappa shape index (κ1) is 77.3. The minimum Gasteiger partial charge on any atom is -0.391 e. The van der Waals surface area contributed by atoms with Crippen LogP contribution in [0.5, 0.6) is 0 Å². The topological polar surface area (TPSA) is 317 Å². The summed E-state index contributed by atoms with van der Waals surface area (Å²) in [6.45, 7) is 17.0. The molecule has 7 aromatic rings. The molecule has 106 heavy (non-hydrogen) atoms. The van der Waals surface area contributed by atoms with Gasteiger partial charge in [-0.25, -0.2) is 14.4 Å². The molecule has 0 radical (unpaired) electrons. The predicted octanol–water partition coefficient (Wildman–Crippen LogP) is 6.13. The van der Waals surface area contributed by atoms with Crippen LogP contribution in [-0.4, -0.2) is 204 Å². The second kappa shape index (κ2) is 34.6. The number of aromatic nitrogens is 2. The van der Waals surface area contributed by atoms with Crippen molar-refractivity contribution >= 4 is 81.5 Å². The third kappa shape index (κ3) is 18.0. The van der Waals surface area contributed by atoms with Crippen LogP contribution in [0.15, 0.2) is 126 Å². The highest BCUT2D eigenvalue weighted by molar-refractivity contribution is 7.13. The zero-order valence-corrected chi connectivity index (χ0v) is 62.0. The van der Waals surface area contributed by atoms with E-state index in [1.54, 1.807) is 57.0 Å². The molecule has 9 amide bonds. The van der Waals surface area contributed by atoms with Crippen LogP contribution in [0.3, 0.4) is 0 Å². The molecule has 6 aliphatic heterocycles. The van der Waals surface area contributed by atoms with E-state index >= 15 is 0 Å². The van der Waals surface area contributed by atoms with E-state index in [1.807, 2.05) is 126 Å². The van der Waals surface area contributed by atoms with Gasteiger partial charge in [0.05, 0.1) is 70.2 Å². The van der Waals surface area contributed by atoms with E-state index in [9.17, 15) is 62.9 Å². The summed E-state index contributed by atoms with van der Waals surface area (Å²) in [5, 5.41) is 41.7. The van der Waals surface area contributed by atoms with E-state index in [1.165, 1.54) is 39.0 Å². The van der Waals surface area contributed by atoms with Gasteiger partial charge < -0.3 is 70.7 Å². The molecule has 560 valence electrons. The third-order valence-corrected chi connectivity index (χ3v) is 21.9. The van der Waals surface area contributed by atoms with Gasteiger partial charge in [0, 0.05) is 114 Å². The van der Waals surface area contributed by atoms with Gasteiger partial charge in [-0.1, -0.05) is 113 Å². The Hall–Kier alpha value is -9.84. The zero-order valence-electron chi connectivity index (χ0n) is 60.4. The number of morpholine rings is 1. The van der Waals surface area contributed by atoms with E-state index in [0.717, 1.165) is 86.5 Å². The quantitative estimate of drug-likeness (QED) is 0.0451. The fourth-order valence-corrected chi connectivity index (χ4v) is 16.1. The zero-order chi connectivity index (χ0) is 75.6. The maximum absolute atomic E-state index is 14.9. The molecule has 8 atom stereocenters. The van der Waals surface area contributed by atoms with Gasteiger partial charge in [-0.15, -0.1) is 22.7 Å². The van der Waals surface area contributed by atoms with Crippen molar-refractivity contribution < 1.29 is 67.6 Å². The lowest BCUT2D eigenvalue weighted by molar-refractivity contribution is -0.143. The SMILES string of the molecule is CC(=O)NCC(=O)N1C[C@H](O)C[C@H]1C(=O)NCc1ccc(-c2scnc2C)cc1.CC(C)[C@@H](C(=O)N1C[C@H](O)C[C@H]1C(=O)NCc1ccc(N2CCOCC2)cc1)N1Cc2ccccc2C1=O.Cc1ncsc1-c1ccc(CNC(=O)[C@@H]2C[C@@H](O)CN2C(=O)[C@H](C(C)C)N2Cc3ccccc3C2=O)c(F)c1. The van der Waals surface area contributed by atoms with Crippen molar-refractivity contribution in [2.45, 2.75) is 149 Å². The number of benzene rings is 5. The number of aliphatic hydroxyl groups is 3. The standard InChI is InChI=1S/C29H31FN4O4S.C29H36N4O5.C20H24N4O4S/c1-16(2)25(34-13-20-6-4-5-7-22(20)28(34)37)29(38)33-14-21(35)11-24(33)27(36)31-12-19-9-8-18(10-23(19)30)26-17(3)32-15-39-26;1-19(2)26(33-17-21-5-3-4-6-24(21)28(33)36)29(37)32-18-23(34)15-25(32)27(35)30-16-20-7-9-22(10-8-20)31-11-13-38-14-12-31;1-12-19(29-11-23-12)15-5-3-14(4-6-15)8-22-20(28)17-7-16(26)10-24(17)18(27)9-21-13(2)25/h4-10,15-16,21,24-25,35H,11-14H2,1-3H3,(H,31,36);3-10,19,23,25-26,34H,11-18H2,1-2H3,(H,30,35);3-6,11,16-17,26H,7-10H2,1-2H3,(H,21,25)(H,22,28)/t21-,24+,25+;23-,25+,26+;16-,17+/m111/s1. The van der Waals surface area contributed by atoms with Crippen LogP contribution in [-0.2, 0) is 71.0 Å². The number of hydrogen-bond donors (Lipinski definition) is 7. The van der Waals surface area contributed by atoms with Crippen molar-refractivity contribution in [3.05, 3.63) is 182 Å². The van der Waals surface area contributed by atoms with Gasteiger partial charge in [-0.05, 0) is 89.4 Å². The molecule has 5 aromatic carbocycles. The van der Waals surface area contributed by atoms with E-state index in [0.29, 0.717) is 42.9 Å². The maximum Gasteiger partial charge on any atom is 0.255 e. The maximum atomic E-state index is 14.9. The smallest absolute Gasteiger partial charge is 0.255 e. The lowest BCUT2D eigenvalue weighted by atomic mass is 10.0. The average Bonchev–Trinajstić information content (AvgIpc) is 1.62. The van der Waals surface area contributed by atoms with Crippen LogP contribution in [0, 0.1) is 31.5 Å². The number of rotatable bonds is 20. The third-order valence-electron chi connectivity index (χ3n) is 20.0. The monoisotopic (exact) mass is 1490 g/mol. The van der Waals surface area contributed by atoms with Gasteiger partial charge in [0.25, 0.3) is 11.8 Å². The molecular weight excluding hydrogens is 1400 g/mol. The highest BCUT2D eigenvalue weighted by Crippen LogP contribution is 2.35. The average molecular weight is 1490 g/mol. The number of carbonyl (C=O) groups is 9. The molecule has 4 fully saturated rings. The van der Waals surface area contributed by atoms with Crippen LogP contribution in [0.1, 0.15) is 114 Å². The first-order chi connectivity index (χ1) is 50.8. The highest BCUT2D eigenvalue weighted by atomic mass is 32.1. The summed E-state index contributed by atoms with van der Waals surface area (Å²) in [6, 6.07) is 31.5. The molecule has 7 N–H and O–H groups in total. The molecule has 0 saturated carbocycles. The van der Waals surface area contributed by atoms with Crippen molar-refractivity contribution in [2.24, 2.45) is 11.8 Å². The molecule has 6 aliphatic rings. The number of aryl methyl sites for hydroxylation is 2. The minimum atomic E-state index is -0.920. The summed E-state index contributed by atoms with van der Waals surface area (Å²) in [7, 11) is 0. The number of aliphatic hydroxyl groups excluding tert-OH is 3. The van der Waals surface area contributed by atoms with Crippen molar-refractivity contribution in [3.63, 3.8) is 0 Å². The fourth-order valence-electron chi connectivity index (χ4n) is 14.5. The number of ether oxygens (including phenoxy) is 1. The number of carbonyl (C=O) groups excluding carboxylic acids is 9. The first-order valence-electron chi connectivity index (χ1n) is 35.7. The molecule has 0 unspecified atom stereocenters. The van der Waals surface area contributed by atoms with Gasteiger partial charge in [0.1, 0.15) is 36.0 Å². The first-order valence-corrected chi connectivity index (χ1v) is 37.5. The molecule has 0 spiro atoms. The van der Waals surface area contributed by atoms with Crippen LogP contribution in [0.4, 0.5) is 10.1 Å². The number of fused-ring (bicyclic) bond motifs is 2. The molecule has 0 aliphatic carbocycles. The number of likely N-dealkylation sites (tertiary alicyclic amines) is 3. The summed E-state index contributed by atoms with van der Waals surface area (Å²) in [5.41, 5.74) is 13.4. The number of nitrogens with one attached hydrogen (secondary N) is 4. The van der Waals surface area contributed by atoms with Crippen LogP contribution in [0.2, 0.25) is 0 Å². The lowest BCUT2D eigenvalue weighted by Crippen LogP contribution is -2.55. The Morgan fingerprint density at radius 1 is 0.557 bits per heavy atom. The van der Waals surface area contributed by atoms with Gasteiger partial charge in [-0.3, -0.25) is 43.2 Å². The number of nitrogens with zero attached hydrogens (tertiary/aromatic N) is 8. The van der Waals surface area contributed by atoms with Crippen molar-refractivity contribution in [1.82, 2.24) is 55.7 Å². The normalized spacial score (nSPS) is 20.2. The molecule has 2 aromatic heterocycles. The Morgan fingerprint density at radius 3 is 1.42 bits per heavy atom. The van der Waals surface area contributed by atoms with Crippen LogP contribution in [0.25, 0.3) is 20.9 Å². The number of hydrogen-bond acceptors (Lipinski definition) is 18. The minimum absolute atomic E-state index is 0.00756. The summed E-state index contributed by atoms with van der Waals surface area (Å²) < 4.78 is 20.3. The molecule has 25 nitrogen and oxygen atoms in total. The van der Waals surface area contributed by atoms with Crippen molar-refractivity contribution in [3.8, 4) is 20.9 Å². The van der Waals surface area contributed by atoms with Gasteiger partial charge >= 0.3 is 0 Å². The number of thiazole rings is 2. The summed E-state index contributed by atoms with van der Waals surface area (Å²) in [5.74, 6) is -3.69. The van der Waals surface area contributed by atoms with Crippen LogP contribution >= 0.6 is 22.7 Å². The van der Waals surface area contributed by atoms with Crippen molar-refractivity contribution in [1.29, 1.82) is 0 Å². The van der Waals surface area contributed by atoms with Gasteiger partial charge in [0.15, 0.2) is 0 Å². The highest BCUT2D eigenvalue weighted by Gasteiger charge is 2.48. The van der Waals surface area contributed by atoms with Crippen molar-refractivity contribution in [2.75, 3.05) is 57.4 Å². The summed E-state index contributed by atoms with van der Waals surface area (Å²) in [4.78, 5) is 136. The Labute approximate surface area is 623 Å². The Bertz CT molecular complexity index is 4360. The molecule has 13 rings (SSSR count). The Balaban J connectivity index is 0.000000161. The molecule has 28 heteroatoms. The predicted molar refractivity (Wildman–Crippen MR) is 396 cm³/mol.